The van der Waals surface area contributed by atoms with E-state index in [9.17, 15) is 4.79 Å². The molecule has 9 heteroatoms. The highest BCUT2D eigenvalue weighted by atomic mass is 35.5. The minimum absolute atomic E-state index is 0.136. The van der Waals surface area contributed by atoms with Gasteiger partial charge in [0.25, 0.3) is 0 Å². The Bertz CT molecular complexity index is 1020. The smallest absolute Gasteiger partial charge is 0.250 e. The van der Waals surface area contributed by atoms with Crippen LogP contribution in [0.15, 0.2) is 42.5 Å². The van der Waals surface area contributed by atoms with Gasteiger partial charge in [0.15, 0.2) is 10.2 Å². The molecule has 1 heterocycles. The van der Waals surface area contributed by atoms with Crippen molar-refractivity contribution in [1.82, 2.24) is 10.3 Å². The zero-order valence-corrected chi connectivity index (χ0v) is 16.8. The number of benzene rings is 2. The number of thiazole rings is 1. The van der Waals surface area contributed by atoms with E-state index < -0.39 is 0 Å². The molecule has 1 aromatic heterocycles. The quantitative estimate of drug-likeness (QED) is 0.398. The second-order valence-corrected chi connectivity index (χ2v) is 7.72. The number of thiocarbonyl (C=S) groups is 1. The van der Waals surface area contributed by atoms with Crippen LogP contribution in [0.3, 0.4) is 0 Å². The number of nitrogens with zero attached hydrogens (tertiary/aromatic N) is 1. The number of halogens is 3. The minimum atomic E-state index is -0.361. The van der Waals surface area contributed by atoms with E-state index in [1.54, 1.807) is 36.4 Å². The predicted octanol–water partition coefficient (Wildman–Crippen LogP) is 5.78. The lowest BCUT2D eigenvalue weighted by Gasteiger charge is -2.04. The van der Waals surface area contributed by atoms with E-state index in [4.69, 9.17) is 47.0 Å². The van der Waals surface area contributed by atoms with E-state index in [1.807, 2.05) is 6.07 Å². The lowest BCUT2D eigenvalue weighted by Crippen LogP contribution is -2.32. The second kappa shape index (κ2) is 8.33. The zero-order valence-electron chi connectivity index (χ0n) is 12.9. The van der Waals surface area contributed by atoms with Crippen LogP contribution in [0.25, 0.3) is 16.3 Å². The predicted molar refractivity (Wildman–Crippen MR) is 114 cm³/mol. The summed E-state index contributed by atoms with van der Waals surface area (Å²) in [6, 6.07) is 10.6. The van der Waals surface area contributed by atoms with Gasteiger partial charge in [0.1, 0.15) is 5.52 Å². The molecule has 0 fully saturated rings. The van der Waals surface area contributed by atoms with E-state index in [1.165, 1.54) is 17.4 Å². The van der Waals surface area contributed by atoms with Crippen molar-refractivity contribution in [3.8, 4) is 0 Å². The molecule has 3 aromatic rings. The molecule has 0 spiro atoms. The van der Waals surface area contributed by atoms with Gasteiger partial charge in [-0.25, -0.2) is 4.98 Å². The molecule has 0 unspecified atom stereocenters. The third kappa shape index (κ3) is 4.72. The van der Waals surface area contributed by atoms with Crippen LogP contribution in [0.4, 0.5) is 5.13 Å². The van der Waals surface area contributed by atoms with Crippen molar-refractivity contribution >= 4 is 90.8 Å². The third-order valence-corrected chi connectivity index (χ3v) is 5.39. The summed E-state index contributed by atoms with van der Waals surface area (Å²) in [5, 5.41) is 7.52. The van der Waals surface area contributed by atoms with Crippen molar-refractivity contribution in [2.24, 2.45) is 0 Å². The van der Waals surface area contributed by atoms with Gasteiger partial charge in [-0.15, -0.1) is 0 Å². The fourth-order valence-corrected chi connectivity index (χ4v) is 3.70. The Morgan fingerprint density at radius 1 is 1.12 bits per heavy atom. The van der Waals surface area contributed by atoms with E-state index in [-0.39, 0.29) is 11.0 Å². The molecule has 26 heavy (non-hydrogen) atoms. The molecule has 0 aliphatic rings. The molecule has 0 saturated carbocycles. The fraction of sp³-hybridized carbons (Fsp3) is 0. The summed E-state index contributed by atoms with van der Waals surface area (Å²) in [6.45, 7) is 0. The average Bonchev–Trinajstić information content (AvgIpc) is 3.01. The van der Waals surface area contributed by atoms with Crippen molar-refractivity contribution in [3.05, 3.63) is 63.1 Å². The Balaban J connectivity index is 1.62. The van der Waals surface area contributed by atoms with Crippen LogP contribution in [0, 0.1) is 0 Å². The van der Waals surface area contributed by atoms with E-state index in [2.05, 4.69) is 15.6 Å². The number of amides is 1. The number of carbonyl (C=O) groups is 1. The normalized spacial score (nSPS) is 11.0. The number of hydrogen-bond acceptors (Lipinski definition) is 4. The summed E-state index contributed by atoms with van der Waals surface area (Å²) >= 11 is 24.4. The third-order valence-electron chi connectivity index (χ3n) is 3.21. The number of hydrogen-bond donors (Lipinski definition) is 2. The first kappa shape index (κ1) is 19.1. The first-order chi connectivity index (χ1) is 12.4. The molecule has 132 valence electrons. The molecule has 0 aliphatic heterocycles. The summed E-state index contributed by atoms with van der Waals surface area (Å²) in [5.74, 6) is -0.361. The van der Waals surface area contributed by atoms with Crippen LogP contribution in [-0.4, -0.2) is 16.0 Å². The molecule has 0 aliphatic carbocycles. The number of fused-ring (bicyclic) bond motifs is 1. The van der Waals surface area contributed by atoms with Gasteiger partial charge in [0.2, 0.25) is 5.91 Å². The number of nitrogens with one attached hydrogen (secondary N) is 2. The van der Waals surface area contributed by atoms with Gasteiger partial charge in [-0.05, 0) is 48.1 Å². The van der Waals surface area contributed by atoms with E-state index in [0.29, 0.717) is 25.7 Å². The summed E-state index contributed by atoms with van der Waals surface area (Å²) < 4.78 is 0.860. The Hall–Kier alpha value is -1.70. The molecule has 3 rings (SSSR count). The highest BCUT2D eigenvalue weighted by Crippen LogP contribution is 2.35. The fourth-order valence-electron chi connectivity index (χ4n) is 2.02. The summed E-state index contributed by atoms with van der Waals surface area (Å²) in [7, 11) is 0. The van der Waals surface area contributed by atoms with Gasteiger partial charge in [0, 0.05) is 11.1 Å². The van der Waals surface area contributed by atoms with Crippen molar-refractivity contribution < 1.29 is 4.79 Å². The van der Waals surface area contributed by atoms with Gasteiger partial charge in [-0.2, -0.15) is 0 Å². The lowest BCUT2D eigenvalue weighted by atomic mass is 10.2. The highest BCUT2D eigenvalue weighted by Gasteiger charge is 2.11. The average molecular weight is 443 g/mol. The lowest BCUT2D eigenvalue weighted by molar-refractivity contribution is -0.115. The molecular formula is C17H10Cl3N3OS2. The molecule has 0 radical (unpaired) electrons. The molecule has 2 N–H and O–H groups in total. The molecule has 2 aromatic carbocycles. The standard InChI is InChI=1S/C17H10Cl3N3OS2/c18-10-4-1-9(2-5-10)3-8-13(24)21-16(25)23-17-22-15-12(26-17)7-6-11(19)14(15)20/h1-8H,(H2,21,22,23,24,25)/b8-3+. The highest BCUT2D eigenvalue weighted by molar-refractivity contribution is 7.80. The first-order valence-electron chi connectivity index (χ1n) is 7.22. The Morgan fingerprint density at radius 3 is 2.58 bits per heavy atom. The van der Waals surface area contributed by atoms with Crippen molar-refractivity contribution in [1.29, 1.82) is 0 Å². The maximum atomic E-state index is 11.9. The molecule has 0 atom stereocenters. The van der Waals surface area contributed by atoms with Crippen LogP contribution < -0.4 is 10.6 Å². The molecule has 0 saturated heterocycles. The maximum absolute atomic E-state index is 11.9. The largest absolute Gasteiger partial charge is 0.308 e. The van der Waals surface area contributed by atoms with Gasteiger partial charge >= 0.3 is 0 Å². The second-order valence-electron chi connectivity index (χ2n) is 5.06. The molecule has 4 nitrogen and oxygen atoms in total. The van der Waals surface area contributed by atoms with Crippen LogP contribution in [-0.2, 0) is 4.79 Å². The monoisotopic (exact) mass is 441 g/mol. The summed E-state index contributed by atoms with van der Waals surface area (Å²) in [5.41, 5.74) is 1.43. The Morgan fingerprint density at radius 2 is 1.85 bits per heavy atom. The van der Waals surface area contributed by atoms with Crippen molar-refractivity contribution in [2.45, 2.75) is 0 Å². The minimum Gasteiger partial charge on any atom is -0.308 e. The van der Waals surface area contributed by atoms with Gasteiger partial charge in [-0.3, -0.25) is 10.1 Å². The summed E-state index contributed by atoms with van der Waals surface area (Å²) in [4.78, 5) is 16.3. The Kier molecular flexibility index (Phi) is 6.11. The molecule has 1 amide bonds. The van der Waals surface area contributed by atoms with Crippen LogP contribution in [0.5, 0.6) is 0 Å². The van der Waals surface area contributed by atoms with E-state index >= 15 is 0 Å². The van der Waals surface area contributed by atoms with Crippen molar-refractivity contribution in [3.63, 3.8) is 0 Å². The summed E-state index contributed by atoms with van der Waals surface area (Å²) in [6.07, 6.45) is 3.04. The zero-order chi connectivity index (χ0) is 18.7. The molecule has 0 bridgehead atoms. The Labute approximate surface area is 173 Å². The number of aromatic nitrogens is 1. The van der Waals surface area contributed by atoms with Crippen molar-refractivity contribution in [2.75, 3.05) is 5.32 Å². The molecular weight excluding hydrogens is 433 g/mol. The SMILES string of the molecule is O=C(/C=C/c1ccc(Cl)cc1)NC(=S)Nc1nc2c(Cl)c(Cl)ccc2s1. The topological polar surface area (TPSA) is 54.0 Å². The van der Waals surface area contributed by atoms with E-state index in [0.717, 1.165) is 10.3 Å². The number of carbonyl (C=O) groups excluding carboxylic acids is 1. The maximum Gasteiger partial charge on any atom is 0.250 e. The van der Waals surface area contributed by atoms with Gasteiger partial charge < -0.3 is 5.32 Å². The van der Waals surface area contributed by atoms with Crippen LogP contribution in [0.1, 0.15) is 5.56 Å². The van der Waals surface area contributed by atoms with Crippen LogP contribution in [0.2, 0.25) is 15.1 Å². The number of rotatable bonds is 3. The van der Waals surface area contributed by atoms with Gasteiger partial charge in [-0.1, -0.05) is 58.3 Å². The first-order valence-corrected chi connectivity index (χ1v) is 9.58. The van der Waals surface area contributed by atoms with Gasteiger partial charge in [0.05, 0.1) is 14.7 Å². The van der Waals surface area contributed by atoms with Crippen LogP contribution >= 0.6 is 58.4 Å². The number of anilines is 1.